The monoisotopic (exact) mass is 453 g/mol. The van der Waals surface area contributed by atoms with E-state index in [4.69, 9.17) is 4.42 Å². The van der Waals surface area contributed by atoms with Crippen LogP contribution in [0.4, 0.5) is 4.39 Å². The maximum Gasteiger partial charge on any atom is 0.191 e. The van der Waals surface area contributed by atoms with Gasteiger partial charge in [-0.25, -0.2) is 4.39 Å². The molecule has 0 aliphatic heterocycles. The first-order valence-corrected chi connectivity index (χ1v) is 7.82. The Labute approximate surface area is 163 Å². The van der Waals surface area contributed by atoms with Crippen LogP contribution in [0, 0.1) is 12.7 Å². The fourth-order valence-electron chi connectivity index (χ4n) is 2.45. The Bertz CT molecular complexity index is 843. The molecule has 0 atom stereocenters. The number of para-hydroxylation sites is 1. The smallest absolute Gasteiger partial charge is 0.191 e. The van der Waals surface area contributed by atoms with Gasteiger partial charge in [0.05, 0.1) is 6.54 Å². The van der Waals surface area contributed by atoms with Crippen LogP contribution in [-0.2, 0) is 13.1 Å². The lowest BCUT2D eigenvalue weighted by molar-refractivity contribution is 0.538. The minimum absolute atomic E-state index is 0. The molecule has 2 N–H and O–H groups in total. The molecule has 0 amide bonds. The number of furan rings is 1. The number of nitrogens with one attached hydrogen (secondary N) is 2. The van der Waals surface area contributed by atoms with Crippen molar-refractivity contribution in [3.8, 4) is 0 Å². The molecule has 0 bridgehead atoms. The van der Waals surface area contributed by atoms with Crippen LogP contribution in [0.1, 0.15) is 16.9 Å². The largest absolute Gasteiger partial charge is 0.459 e. The average Bonchev–Trinajstić information content (AvgIpc) is 3.01. The third-order valence-corrected chi connectivity index (χ3v) is 3.83. The van der Waals surface area contributed by atoms with Crippen molar-refractivity contribution in [3.05, 3.63) is 71.2 Å². The lowest BCUT2D eigenvalue weighted by atomic mass is 10.1. The zero-order chi connectivity index (χ0) is 16.9. The molecular formula is C19H21FIN3O. The van der Waals surface area contributed by atoms with Gasteiger partial charge in [0.25, 0.3) is 0 Å². The summed E-state index contributed by atoms with van der Waals surface area (Å²) in [4.78, 5) is 4.17. The summed E-state index contributed by atoms with van der Waals surface area (Å²) >= 11 is 0. The van der Waals surface area contributed by atoms with Crippen LogP contribution < -0.4 is 10.6 Å². The Morgan fingerprint density at radius 1 is 1.08 bits per heavy atom. The van der Waals surface area contributed by atoms with E-state index in [0.29, 0.717) is 24.6 Å². The Morgan fingerprint density at radius 3 is 2.56 bits per heavy atom. The summed E-state index contributed by atoms with van der Waals surface area (Å²) in [7, 11) is 1.70. The molecule has 0 aliphatic rings. The Balaban J connectivity index is 0.00000225. The van der Waals surface area contributed by atoms with Crippen LogP contribution in [0.2, 0.25) is 0 Å². The summed E-state index contributed by atoms with van der Waals surface area (Å²) in [6.45, 7) is 2.77. The SMILES string of the molecule is CN=C(NCc1ccc(C)c(F)c1)NCc1cc2ccccc2o1.I. The van der Waals surface area contributed by atoms with Gasteiger partial charge in [-0.05, 0) is 36.2 Å². The molecule has 0 spiro atoms. The van der Waals surface area contributed by atoms with Crippen LogP contribution in [0.15, 0.2) is 57.9 Å². The number of rotatable bonds is 4. The number of benzene rings is 2. The third-order valence-electron chi connectivity index (χ3n) is 3.83. The molecule has 3 rings (SSSR count). The summed E-state index contributed by atoms with van der Waals surface area (Å²) in [6.07, 6.45) is 0. The number of hydrogen-bond acceptors (Lipinski definition) is 2. The highest BCUT2D eigenvalue weighted by Crippen LogP contribution is 2.18. The Morgan fingerprint density at radius 2 is 1.84 bits per heavy atom. The Kier molecular flexibility index (Phi) is 6.81. The highest BCUT2D eigenvalue weighted by atomic mass is 127. The van der Waals surface area contributed by atoms with Crippen LogP contribution in [0.25, 0.3) is 11.0 Å². The van der Waals surface area contributed by atoms with E-state index in [-0.39, 0.29) is 29.8 Å². The predicted molar refractivity (Wildman–Crippen MR) is 110 cm³/mol. The first-order chi connectivity index (χ1) is 11.7. The van der Waals surface area contributed by atoms with Gasteiger partial charge in [-0.1, -0.05) is 30.3 Å². The topological polar surface area (TPSA) is 49.6 Å². The van der Waals surface area contributed by atoms with Crippen LogP contribution >= 0.6 is 24.0 Å². The number of fused-ring (bicyclic) bond motifs is 1. The second-order valence-electron chi connectivity index (χ2n) is 5.61. The van der Waals surface area contributed by atoms with E-state index in [0.717, 1.165) is 22.3 Å². The van der Waals surface area contributed by atoms with E-state index in [9.17, 15) is 4.39 Å². The van der Waals surface area contributed by atoms with Crippen LogP contribution in [0.3, 0.4) is 0 Å². The fraction of sp³-hybridized carbons (Fsp3) is 0.211. The van der Waals surface area contributed by atoms with E-state index >= 15 is 0 Å². The Hall–Kier alpha value is -2.09. The van der Waals surface area contributed by atoms with Crippen molar-refractivity contribution in [1.29, 1.82) is 0 Å². The normalized spacial score (nSPS) is 11.2. The fourth-order valence-corrected chi connectivity index (χ4v) is 2.45. The van der Waals surface area contributed by atoms with Gasteiger partial charge in [-0.2, -0.15) is 0 Å². The van der Waals surface area contributed by atoms with E-state index in [2.05, 4.69) is 15.6 Å². The molecule has 0 fully saturated rings. The van der Waals surface area contributed by atoms with Crippen molar-refractivity contribution in [2.24, 2.45) is 4.99 Å². The molecule has 0 saturated heterocycles. The van der Waals surface area contributed by atoms with Gasteiger partial charge < -0.3 is 15.1 Å². The summed E-state index contributed by atoms with van der Waals surface area (Å²) < 4.78 is 19.3. The van der Waals surface area contributed by atoms with Crippen molar-refractivity contribution in [2.75, 3.05) is 7.05 Å². The number of nitrogens with zero attached hydrogens (tertiary/aromatic N) is 1. The van der Waals surface area contributed by atoms with Crippen molar-refractivity contribution >= 4 is 40.9 Å². The van der Waals surface area contributed by atoms with E-state index in [1.165, 1.54) is 6.07 Å². The number of hydrogen-bond donors (Lipinski definition) is 2. The van der Waals surface area contributed by atoms with Gasteiger partial charge in [0.2, 0.25) is 0 Å². The second-order valence-corrected chi connectivity index (χ2v) is 5.61. The molecule has 1 heterocycles. The third kappa shape index (κ3) is 4.94. The second kappa shape index (κ2) is 8.84. The lowest BCUT2D eigenvalue weighted by Crippen LogP contribution is -2.36. The van der Waals surface area contributed by atoms with Crippen molar-refractivity contribution in [2.45, 2.75) is 20.0 Å². The molecule has 4 nitrogen and oxygen atoms in total. The lowest BCUT2D eigenvalue weighted by Gasteiger charge is -2.11. The van der Waals surface area contributed by atoms with Gasteiger partial charge in [0.1, 0.15) is 17.2 Å². The molecule has 6 heteroatoms. The molecule has 132 valence electrons. The zero-order valence-electron chi connectivity index (χ0n) is 14.2. The molecule has 0 radical (unpaired) electrons. The number of guanidine groups is 1. The van der Waals surface area contributed by atoms with E-state index < -0.39 is 0 Å². The molecule has 25 heavy (non-hydrogen) atoms. The molecule has 1 aromatic heterocycles. The van der Waals surface area contributed by atoms with E-state index in [1.807, 2.05) is 36.4 Å². The van der Waals surface area contributed by atoms with Crippen molar-refractivity contribution in [1.82, 2.24) is 10.6 Å². The number of aryl methyl sites for hydroxylation is 1. The highest BCUT2D eigenvalue weighted by molar-refractivity contribution is 14.0. The molecule has 0 unspecified atom stereocenters. The molecule has 0 aliphatic carbocycles. The van der Waals surface area contributed by atoms with Gasteiger partial charge in [-0.15, -0.1) is 24.0 Å². The van der Waals surface area contributed by atoms with Gasteiger partial charge in [0.15, 0.2) is 5.96 Å². The van der Waals surface area contributed by atoms with Gasteiger partial charge in [-0.3, -0.25) is 4.99 Å². The minimum Gasteiger partial charge on any atom is -0.459 e. The maximum atomic E-state index is 13.6. The highest BCUT2D eigenvalue weighted by Gasteiger charge is 2.05. The quantitative estimate of drug-likeness (QED) is 0.351. The van der Waals surface area contributed by atoms with Crippen LogP contribution in [0.5, 0.6) is 0 Å². The molecule has 2 aromatic carbocycles. The van der Waals surface area contributed by atoms with Gasteiger partial charge >= 0.3 is 0 Å². The number of aliphatic imine (C=N–C) groups is 1. The predicted octanol–water partition coefficient (Wildman–Crippen LogP) is 4.36. The van der Waals surface area contributed by atoms with Gasteiger partial charge in [0, 0.05) is 19.0 Å². The summed E-state index contributed by atoms with van der Waals surface area (Å²) in [6, 6.07) is 15.1. The maximum absolute atomic E-state index is 13.6. The zero-order valence-corrected chi connectivity index (χ0v) is 16.5. The first kappa shape index (κ1) is 19.2. The first-order valence-electron chi connectivity index (χ1n) is 7.82. The summed E-state index contributed by atoms with van der Waals surface area (Å²) in [5.41, 5.74) is 2.38. The standard InChI is InChI=1S/C19H20FN3O.HI/c1-13-7-8-14(9-17(13)20)11-22-19(21-2)23-12-16-10-15-5-3-4-6-18(15)24-16;/h3-10H,11-12H2,1-2H3,(H2,21,22,23);1H. The van der Waals surface area contributed by atoms with Crippen molar-refractivity contribution < 1.29 is 8.81 Å². The summed E-state index contributed by atoms with van der Waals surface area (Å²) in [5, 5.41) is 7.44. The average molecular weight is 453 g/mol. The molecule has 3 aromatic rings. The van der Waals surface area contributed by atoms with E-state index in [1.54, 1.807) is 20.0 Å². The number of halogens is 2. The minimum atomic E-state index is -0.195. The summed E-state index contributed by atoms with van der Waals surface area (Å²) in [5.74, 6) is 1.27. The van der Waals surface area contributed by atoms with Crippen molar-refractivity contribution in [3.63, 3.8) is 0 Å². The van der Waals surface area contributed by atoms with Crippen LogP contribution in [-0.4, -0.2) is 13.0 Å². The molecule has 0 saturated carbocycles. The molecular weight excluding hydrogens is 432 g/mol.